The minimum absolute atomic E-state index is 0.117. The normalized spacial score (nSPS) is 11.7. The summed E-state index contributed by atoms with van der Waals surface area (Å²) in [5.41, 5.74) is 2.36. The number of amides is 2. The van der Waals surface area contributed by atoms with Gasteiger partial charge >= 0.3 is 12.0 Å². The van der Waals surface area contributed by atoms with Crippen molar-refractivity contribution in [2.24, 2.45) is 0 Å². The molecule has 0 saturated carbocycles. The van der Waals surface area contributed by atoms with Crippen molar-refractivity contribution in [3.63, 3.8) is 0 Å². The van der Waals surface area contributed by atoms with Gasteiger partial charge in [0.05, 0.1) is 29.1 Å². The van der Waals surface area contributed by atoms with Crippen LogP contribution in [0.15, 0.2) is 83.7 Å². The van der Waals surface area contributed by atoms with Crippen LogP contribution in [0.5, 0.6) is 0 Å². The molecule has 1 N–H and O–H groups in total. The van der Waals surface area contributed by atoms with Gasteiger partial charge in [-0.25, -0.2) is 14.6 Å². The van der Waals surface area contributed by atoms with E-state index in [2.05, 4.69) is 5.32 Å². The summed E-state index contributed by atoms with van der Waals surface area (Å²) >= 11 is 0. The smallest absolute Gasteiger partial charge is 0.338 e. The molecule has 1 atom stereocenters. The van der Waals surface area contributed by atoms with Gasteiger partial charge in [-0.1, -0.05) is 49.4 Å². The molecule has 4 aromatic rings. The minimum Gasteiger partial charge on any atom is -0.462 e. The number of fused-ring (bicyclic) bond motifs is 1. The lowest BCUT2D eigenvalue weighted by Gasteiger charge is -2.31. The second-order valence-electron chi connectivity index (χ2n) is 8.96. The topological polar surface area (TPSA) is 93.5 Å². The highest BCUT2D eigenvalue weighted by atomic mass is 16.5. The van der Waals surface area contributed by atoms with Gasteiger partial charge in [-0.05, 0) is 62.2 Å². The second-order valence-corrected chi connectivity index (χ2v) is 8.96. The molecule has 4 rings (SSSR count). The SMILES string of the molecule is CCCn1c(C(C)N(Cc2ccccc2)C(=O)Nc2ccc(C(=O)OCC)cc2)nc2ccccc2c1=O. The predicted octanol–water partition coefficient (Wildman–Crippen LogP) is 5.78. The number of hydrogen-bond donors (Lipinski definition) is 1. The van der Waals surface area contributed by atoms with Gasteiger partial charge < -0.3 is 15.0 Å². The fourth-order valence-corrected chi connectivity index (χ4v) is 4.35. The van der Waals surface area contributed by atoms with Crippen molar-refractivity contribution in [3.05, 3.63) is 106 Å². The highest BCUT2D eigenvalue weighted by molar-refractivity contribution is 5.92. The van der Waals surface area contributed by atoms with Gasteiger partial charge in [0.25, 0.3) is 5.56 Å². The number of carbonyl (C=O) groups excluding carboxylic acids is 2. The molecule has 38 heavy (non-hydrogen) atoms. The fourth-order valence-electron chi connectivity index (χ4n) is 4.35. The molecule has 0 aliphatic rings. The van der Waals surface area contributed by atoms with Gasteiger partial charge in [0.2, 0.25) is 0 Å². The van der Waals surface area contributed by atoms with Crippen LogP contribution in [0.2, 0.25) is 0 Å². The highest BCUT2D eigenvalue weighted by Crippen LogP contribution is 2.24. The lowest BCUT2D eigenvalue weighted by atomic mass is 10.1. The maximum absolute atomic E-state index is 13.7. The largest absolute Gasteiger partial charge is 0.462 e. The van der Waals surface area contributed by atoms with Gasteiger partial charge in [-0.2, -0.15) is 0 Å². The van der Waals surface area contributed by atoms with E-state index in [0.29, 0.717) is 41.1 Å². The molecule has 0 bridgehead atoms. The van der Waals surface area contributed by atoms with E-state index in [1.54, 1.807) is 46.7 Å². The molecule has 0 aliphatic heterocycles. The van der Waals surface area contributed by atoms with Gasteiger partial charge in [0.1, 0.15) is 5.82 Å². The average Bonchev–Trinajstić information content (AvgIpc) is 2.94. The van der Waals surface area contributed by atoms with Crippen LogP contribution in [0.3, 0.4) is 0 Å². The number of hydrogen-bond acceptors (Lipinski definition) is 5. The van der Waals surface area contributed by atoms with E-state index in [1.807, 2.05) is 62.4 Å². The summed E-state index contributed by atoms with van der Waals surface area (Å²) in [6.45, 7) is 6.73. The summed E-state index contributed by atoms with van der Waals surface area (Å²) in [6.07, 6.45) is 0.747. The maximum atomic E-state index is 13.7. The summed E-state index contributed by atoms with van der Waals surface area (Å²) in [5, 5.41) is 3.49. The number of anilines is 1. The number of para-hydroxylation sites is 1. The molecule has 3 aromatic carbocycles. The summed E-state index contributed by atoms with van der Waals surface area (Å²) in [4.78, 5) is 45.6. The molecule has 1 heterocycles. The molecular formula is C30H32N4O4. The average molecular weight is 513 g/mol. The third kappa shape index (κ3) is 5.91. The maximum Gasteiger partial charge on any atom is 0.338 e. The molecule has 0 radical (unpaired) electrons. The molecule has 1 unspecified atom stereocenters. The van der Waals surface area contributed by atoms with E-state index in [0.717, 1.165) is 12.0 Å². The molecular weight excluding hydrogens is 480 g/mol. The molecule has 0 fully saturated rings. The minimum atomic E-state index is -0.516. The Morgan fingerprint density at radius 2 is 1.66 bits per heavy atom. The van der Waals surface area contributed by atoms with Crippen molar-refractivity contribution >= 4 is 28.6 Å². The van der Waals surface area contributed by atoms with Gasteiger partial charge in [0.15, 0.2) is 0 Å². The van der Waals surface area contributed by atoms with Crippen molar-refractivity contribution in [1.29, 1.82) is 0 Å². The Morgan fingerprint density at radius 1 is 0.974 bits per heavy atom. The van der Waals surface area contributed by atoms with E-state index in [9.17, 15) is 14.4 Å². The van der Waals surface area contributed by atoms with E-state index < -0.39 is 12.0 Å². The first-order valence-corrected chi connectivity index (χ1v) is 12.8. The predicted molar refractivity (Wildman–Crippen MR) is 148 cm³/mol. The Balaban J connectivity index is 1.70. The van der Waals surface area contributed by atoms with Gasteiger partial charge in [-0.15, -0.1) is 0 Å². The van der Waals surface area contributed by atoms with Crippen LogP contribution in [-0.4, -0.2) is 33.1 Å². The van der Waals surface area contributed by atoms with Crippen molar-refractivity contribution < 1.29 is 14.3 Å². The number of esters is 1. The lowest BCUT2D eigenvalue weighted by molar-refractivity contribution is 0.0526. The van der Waals surface area contributed by atoms with Crippen molar-refractivity contribution in [1.82, 2.24) is 14.5 Å². The summed E-state index contributed by atoms with van der Waals surface area (Å²) in [5.74, 6) is 0.111. The number of aromatic nitrogens is 2. The zero-order valence-corrected chi connectivity index (χ0v) is 21.9. The van der Waals surface area contributed by atoms with Crippen LogP contribution in [0.4, 0.5) is 10.5 Å². The van der Waals surface area contributed by atoms with Crippen molar-refractivity contribution in [2.75, 3.05) is 11.9 Å². The lowest BCUT2D eigenvalue weighted by Crippen LogP contribution is -2.39. The second kappa shape index (κ2) is 12.2. The first-order chi connectivity index (χ1) is 18.4. The molecule has 196 valence electrons. The number of rotatable bonds is 9. The Morgan fingerprint density at radius 3 is 2.34 bits per heavy atom. The van der Waals surface area contributed by atoms with Crippen LogP contribution in [0.25, 0.3) is 10.9 Å². The zero-order valence-electron chi connectivity index (χ0n) is 21.9. The number of nitrogens with one attached hydrogen (secondary N) is 1. The van der Waals surface area contributed by atoms with Gasteiger partial charge in [0, 0.05) is 18.8 Å². The number of nitrogens with zero attached hydrogens (tertiary/aromatic N) is 3. The number of carbonyl (C=O) groups is 2. The quantitative estimate of drug-likeness (QED) is 0.287. The van der Waals surface area contributed by atoms with Gasteiger partial charge in [-0.3, -0.25) is 9.36 Å². The van der Waals surface area contributed by atoms with E-state index in [-0.39, 0.29) is 18.2 Å². The molecule has 2 amide bonds. The standard InChI is InChI=1S/C30H32N4O4/c1-4-19-33-27(32-26-14-10-9-13-25(26)28(33)35)21(3)34(20-22-11-7-6-8-12-22)30(37)31-24-17-15-23(16-18-24)29(36)38-5-2/h6-18,21H,4-5,19-20H2,1-3H3,(H,31,37). The van der Waals surface area contributed by atoms with E-state index >= 15 is 0 Å². The monoisotopic (exact) mass is 512 g/mol. The zero-order chi connectivity index (χ0) is 27.1. The van der Waals surface area contributed by atoms with Crippen LogP contribution in [-0.2, 0) is 17.8 Å². The first kappa shape index (κ1) is 26.6. The van der Waals surface area contributed by atoms with Crippen molar-refractivity contribution in [2.45, 2.75) is 46.3 Å². The summed E-state index contributed by atoms with van der Waals surface area (Å²) in [7, 11) is 0. The van der Waals surface area contributed by atoms with Crippen LogP contribution in [0.1, 0.15) is 55.0 Å². The molecule has 1 aromatic heterocycles. The molecule has 0 spiro atoms. The molecule has 0 aliphatic carbocycles. The van der Waals surface area contributed by atoms with Crippen LogP contribution < -0.4 is 10.9 Å². The van der Waals surface area contributed by atoms with Crippen LogP contribution >= 0.6 is 0 Å². The van der Waals surface area contributed by atoms with E-state index in [4.69, 9.17) is 9.72 Å². The Kier molecular flexibility index (Phi) is 8.53. The fraction of sp³-hybridized carbons (Fsp3) is 0.267. The number of ether oxygens (including phenoxy) is 1. The Hall–Kier alpha value is -4.46. The highest BCUT2D eigenvalue weighted by Gasteiger charge is 2.27. The van der Waals surface area contributed by atoms with Crippen molar-refractivity contribution in [3.8, 4) is 0 Å². The number of urea groups is 1. The van der Waals surface area contributed by atoms with Crippen LogP contribution in [0, 0.1) is 0 Å². The summed E-state index contributed by atoms with van der Waals surface area (Å²) < 4.78 is 6.71. The Labute approximate surface area is 221 Å². The third-order valence-corrected chi connectivity index (χ3v) is 6.28. The summed E-state index contributed by atoms with van der Waals surface area (Å²) in [6, 6.07) is 22.6. The molecule has 8 heteroatoms. The number of benzene rings is 3. The molecule has 0 saturated heterocycles. The Bertz CT molecular complexity index is 1470. The van der Waals surface area contributed by atoms with E-state index in [1.165, 1.54) is 0 Å². The molecule has 8 nitrogen and oxygen atoms in total. The first-order valence-electron chi connectivity index (χ1n) is 12.8. The third-order valence-electron chi connectivity index (χ3n) is 6.28.